The summed E-state index contributed by atoms with van der Waals surface area (Å²) in [6.07, 6.45) is 5.25. The van der Waals surface area contributed by atoms with Crippen LogP contribution in [0.3, 0.4) is 0 Å². The van der Waals surface area contributed by atoms with Crippen molar-refractivity contribution >= 4 is 21.6 Å². The van der Waals surface area contributed by atoms with Gasteiger partial charge in [-0.25, -0.2) is 0 Å². The molecule has 2 rings (SSSR count). The summed E-state index contributed by atoms with van der Waals surface area (Å²) in [5.74, 6) is 2.63. The summed E-state index contributed by atoms with van der Waals surface area (Å²) in [7, 11) is 1.71. The van der Waals surface area contributed by atoms with E-state index in [-0.39, 0.29) is 0 Å². The Balaban J connectivity index is 1.93. The standard InChI is InChI=1S/C16H24BrNO/c1-11(2)12-4-6-14(7-5-12)18-15-8-13(17)9-16(10-15)19-3/h8-12,14,18H,4-7H2,1-3H3. The first-order valence-corrected chi connectivity index (χ1v) is 7.99. The third-order valence-corrected chi connectivity index (χ3v) is 4.65. The van der Waals surface area contributed by atoms with Gasteiger partial charge in [-0.2, -0.15) is 0 Å². The molecule has 1 N–H and O–H groups in total. The molecule has 2 nitrogen and oxygen atoms in total. The minimum absolute atomic E-state index is 0.606. The summed E-state index contributed by atoms with van der Waals surface area (Å²) >= 11 is 3.53. The molecule has 0 amide bonds. The maximum Gasteiger partial charge on any atom is 0.122 e. The Labute approximate surface area is 125 Å². The first-order chi connectivity index (χ1) is 9.08. The Bertz CT molecular complexity index is 411. The quantitative estimate of drug-likeness (QED) is 0.833. The Morgan fingerprint density at radius 2 is 1.84 bits per heavy atom. The maximum absolute atomic E-state index is 5.30. The fourth-order valence-corrected chi connectivity index (χ4v) is 3.40. The van der Waals surface area contributed by atoms with Crippen LogP contribution in [0.15, 0.2) is 22.7 Å². The van der Waals surface area contributed by atoms with Crippen molar-refractivity contribution in [2.24, 2.45) is 11.8 Å². The summed E-state index contributed by atoms with van der Waals surface area (Å²) in [5.41, 5.74) is 1.15. The molecular formula is C16H24BrNO. The van der Waals surface area contributed by atoms with E-state index in [0.717, 1.165) is 27.7 Å². The first-order valence-electron chi connectivity index (χ1n) is 7.19. The molecule has 1 aromatic rings. The second-order valence-electron chi connectivity index (χ2n) is 5.88. The van der Waals surface area contributed by atoms with Crippen LogP contribution in [0.1, 0.15) is 39.5 Å². The van der Waals surface area contributed by atoms with Crippen LogP contribution in [-0.4, -0.2) is 13.2 Å². The highest BCUT2D eigenvalue weighted by Crippen LogP contribution is 2.32. The highest BCUT2D eigenvalue weighted by molar-refractivity contribution is 9.10. The minimum Gasteiger partial charge on any atom is -0.497 e. The lowest BCUT2D eigenvalue weighted by Gasteiger charge is -2.32. The van der Waals surface area contributed by atoms with Gasteiger partial charge < -0.3 is 10.1 Å². The molecule has 1 fully saturated rings. The number of hydrogen-bond acceptors (Lipinski definition) is 2. The van der Waals surface area contributed by atoms with E-state index in [4.69, 9.17) is 4.74 Å². The third kappa shape index (κ3) is 4.13. The molecule has 0 aliphatic heterocycles. The molecule has 0 heterocycles. The van der Waals surface area contributed by atoms with Crippen molar-refractivity contribution in [1.82, 2.24) is 0 Å². The van der Waals surface area contributed by atoms with Gasteiger partial charge in [0.05, 0.1) is 7.11 Å². The molecule has 0 atom stereocenters. The zero-order valence-electron chi connectivity index (χ0n) is 12.1. The van der Waals surface area contributed by atoms with E-state index in [2.05, 4.69) is 47.2 Å². The smallest absolute Gasteiger partial charge is 0.122 e. The summed E-state index contributed by atoms with van der Waals surface area (Å²) < 4.78 is 6.36. The topological polar surface area (TPSA) is 21.3 Å². The van der Waals surface area contributed by atoms with E-state index in [0.29, 0.717) is 6.04 Å². The number of ether oxygens (including phenoxy) is 1. The maximum atomic E-state index is 5.30. The van der Waals surface area contributed by atoms with Crippen LogP contribution in [0.4, 0.5) is 5.69 Å². The number of benzene rings is 1. The van der Waals surface area contributed by atoms with Crippen LogP contribution in [0.5, 0.6) is 5.75 Å². The van der Waals surface area contributed by atoms with Gasteiger partial charge in [-0.1, -0.05) is 29.8 Å². The lowest BCUT2D eigenvalue weighted by Crippen LogP contribution is -2.27. The Kier molecular flexibility index (Phi) is 5.14. The minimum atomic E-state index is 0.606. The lowest BCUT2D eigenvalue weighted by atomic mass is 9.79. The largest absolute Gasteiger partial charge is 0.497 e. The van der Waals surface area contributed by atoms with Crippen molar-refractivity contribution in [2.75, 3.05) is 12.4 Å². The zero-order valence-corrected chi connectivity index (χ0v) is 13.7. The second-order valence-corrected chi connectivity index (χ2v) is 6.80. The molecule has 0 spiro atoms. The summed E-state index contributed by atoms with van der Waals surface area (Å²) in [4.78, 5) is 0. The van der Waals surface area contributed by atoms with Gasteiger partial charge >= 0.3 is 0 Å². The van der Waals surface area contributed by atoms with Crippen LogP contribution < -0.4 is 10.1 Å². The number of methoxy groups -OCH3 is 1. The fourth-order valence-electron chi connectivity index (χ4n) is 2.93. The molecule has 0 aromatic heterocycles. The zero-order chi connectivity index (χ0) is 13.8. The van der Waals surface area contributed by atoms with Crippen LogP contribution in [0, 0.1) is 11.8 Å². The Morgan fingerprint density at radius 3 is 2.42 bits per heavy atom. The van der Waals surface area contributed by atoms with E-state index in [1.54, 1.807) is 7.11 Å². The number of rotatable bonds is 4. The molecule has 1 aliphatic carbocycles. The average Bonchev–Trinajstić information content (AvgIpc) is 2.38. The fraction of sp³-hybridized carbons (Fsp3) is 0.625. The van der Waals surface area contributed by atoms with Crippen molar-refractivity contribution in [3.8, 4) is 5.75 Å². The number of anilines is 1. The van der Waals surface area contributed by atoms with Crippen molar-refractivity contribution in [2.45, 2.75) is 45.6 Å². The van der Waals surface area contributed by atoms with Gasteiger partial charge in [0.2, 0.25) is 0 Å². The van der Waals surface area contributed by atoms with E-state index in [1.165, 1.54) is 25.7 Å². The van der Waals surface area contributed by atoms with E-state index in [1.807, 2.05) is 6.07 Å². The third-order valence-electron chi connectivity index (χ3n) is 4.19. The van der Waals surface area contributed by atoms with Crippen molar-refractivity contribution < 1.29 is 4.74 Å². The average molecular weight is 326 g/mol. The van der Waals surface area contributed by atoms with Crippen molar-refractivity contribution in [3.63, 3.8) is 0 Å². The number of hydrogen-bond donors (Lipinski definition) is 1. The monoisotopic (exact) mass is 325 g/mol. The molecule has 3 heteroatoms. The highest BCUT2D eigenvalue weighted by Gasteiger charge is 2.23. The molecule has 19 heavy (non-hydrogen) atoms. The molecular weight excluding hydrogens is 302 g/mol. The van der Waals surface area contributed by atoms with Crippen LogP contribution >= 0.6 is 15.9 Å². The van der Waals surface area contributed by atoms with E-state index >= 15 is 0 Å². The van der Waals surface area contributed by atoms with E-state index in [9.17, 15) is 0 Å². The van der Waals surface area contributed by atoms with Crippen LogP contribution in [0.2, 0.25) is 0 Å². The van der Waals surface area contributed by atoms with Crippen LogP contribution in [0.25, 0.3) is 0 Å². The molecule has 1 aliphatic rings. The summed E-state index contributed by atoms with van der Waals surface area (Å²) in [6, 6.07) is 6.78. The van der Waals surface area contributed by atoms with Gasteiger partial charge in [-0.15, -0.1) is 0 Å². The van der Waals surface area contributed by atoms with Gasteiger partial charge in [0.1, 0.15) is 5.75 Å². The summed E-state index contributed by atoms with van der Waals surface area (Å²) in [5, 5.41) is 3.65. The lowest BCUT2D eigenvalue weighted by molar-refractivity contribution is 0.267. The number of halogens is 1. The molecule has 0 saturated heterocycles. The van der Waals surface area contributed by atoms with Crippen molar-refractivity contribution in [1.29, 1.82) is 0 Å². The number of nitrogens with one attached hydrogen (secondary N) is 1. The molecule has 1 saturated carbocycles. The van der Waals surface area contributed by atoms with Crippen LogP contribution in [-0.2, 0) is 0 Å². The summed E-state index contributed by atoms with van der Waals surface area (Å²) in [6.45, 7) is 4.69. The second kappa shape index (κ2) is 6.65. The van der Waals surface area contributed by atoms with Crippen molar-refractivity contribution in [3.05, 3.63) is 22.7 Å². The molecule has 0 bridgehead atoms. The van der Waals surface area contributed by atoms with Gasteiger partial charge in [0, 0.05) is 22.3 Å². The van der Waals surface area contributed by atoms with Gasteiger partial charge in [-0.05, 0) is 49.7 Å². The first kappa shape index (κ1) is 14.7. The normalized spacial score (nSPS) is 23.4. The Morgan fingerprint density at radius 1 is 1.16 bits per heavy atom. The highest BCUT2D eigenvalue weighted by atomic mass is 79.9. The van der Waals surface area contributed by atoms with Gasteiger partial charge in [0.15, 0.2) is 0 Å². The molecule has 0 unspecified atom stereocenters. The van der Waals surface area contributed by atoms with Gasteiger partial charge in [-0.3, -0.25) is 0 Å². The van der Waals surface area contributed by atoms with E-state index < -0.39 is 0 Å². The molecule has 1 aromatic carbocycles. The van der Waals surface area contributed by atoms with Gasteiger partial charge in [0.25, 0.3) is 0 Å². The molecule has 0 radical (unpaired) electrons. The SMILES string of the molecule is COc1cc(Br)cc(NC2CCC(C(C)C)CC2)c1. The Hall–Kier alpha value is -0.700. The molecule has 106 valence electrons. The predicted octanol–water partition coefficient (Wildman–Crippen LogP) is 5.08. The predicted molar refractivity (Wildman–Crippen MR) is 84.9 cm³/mol.